The Kier molecular flexibility index (Phi) is 5.78. The maximum Gasteiger partial charge on any atom is 0.495 e. The van der Waals surface area contributed by atoms with Gasteiger partial charge in [-0.15, -0.1) is 0 Å². The second-order valence-corrected chi connectivity index (χ2v) is 6.06. The molecule has 0 aliphatic rings. The van der Waals surface area contributed by atoms with Crippen LogP contribution in [0.3, 0.4) is 0 Å². The quantitative estimate of drug-likeness (QED) is 0.470. The van der Waals surface area contributed by atoms with Crippen LogP contribution in [-0.4, -0.2) is 24.6 Å². The number of fused-ring (bicyclic) bond motifs is 1. The normalized spacial score (nSPS) is 12.4. The van der Waals surface area contributed by atoms with Crippen molar-refractivity contribution in [3.63, 3.8) is 0 Å². The molecule has 1 aromatic carbocycles. The molecule has 1 heterocycles. The Balaban J connectivity index is 0.000000379. The molecule has 0 fully saturated rings. The molecule has 0 saturated carbocycles. The minimum Gasteiger partial charge on any atom is -0.726 e. The van der Waals surface area contributed by atoms with Gasteiger partial charge in [-0.05, 0) is 26.0 Å². The molecule has 0 aliphatic heterocycles. The summed E-state index contributed by atoms with van der Waals surface area (Å²) in [5.41, 5.74) is 1.20. The molecule has 0 amide bonds. The Morgan fingerprint density at radius 3 is 2.13 bits per heavy atom. The maximum atomic E-state index is 13.1. The fraction of sp³-hybridized carbons (Fsp3) is 0.462. The number of aromatic nitrogens is 2. The second-order valence-electron chi connectivity index (χ2n) is 4.91. The molecular weight excluding hydrogens is 337 g/mol. The van der Waals surface area contributed by atoms with Crippen LogP contribution in [-0.2, 0) is 27.8 Å². The third-order valence-electron chi connectivity index (χ3n) is 3.02. The molecule has 0 radical (unpaired) electrons. The number of nitrogens with zero attached hydrogens (tertiary/aromatic N) is 2. The molecule has 2 rings (SSSR count). The zero-order valence-electron chi connectivity index (χ0n) is 13.0. The molecule has 23 heavy (non-hydrogen) atoms. The monoisotopic (exact) mass is 354 g/mol. The van der Waals surface area contributed by atoms with Gasteiger partial charge < -0.3 is 4.55 Å². The summed E-state index contributed by atoms with van der Waals surface area (Å²) in [6, 6.07) is 6.67. The number of hydrogen-bond acceptors (Lipinski definition) is 4. The average Bonchev–Trinajstić information content (AvgIpc) is 2.72. The van der Waals surface area contributed by atoms with Gasteiger partial charge in [-0.1, -0.05) is 12.1 Å². The van der Waals surface area contributed by atoms with Gasteiger partial charge in [0.05, 0.1) is 20.2 Å². The van der Waals surface area contributed by atoms with Crippen molar-refractivity contribution < 1.29 is 34.9 Å². The van der Waals surface area contributed by atoms with E-state index in [1.165, 1.54) is 16.2 Å². The van der Waals surface area contributed by atoms with Crippen molar-refractivity contribution in [3.05, 3.63) is 30.1 Å². The van der Waals surface area contributed by atoms with Gasteiger partial charge in [0, 0.05) is 0 Å². The Morgan fingerprint density at radius 1 is 1.26 bits per heavy atom. The van der Waals surface area contributed by atoms with E-state index < -0.39 is 22.4 Å². The Hall–Kier alpha value is -1.65. The molecule has 0 spiro atoms. The molecular formula is C13H17F3N2O4S. The Labute approximate surface area is 132 Å². The number of imidazole rings is 1. The van der Waals surface area contributed by atoms with Gasteiger partial charge in [-0.25, -0.2) is 17.6 Å². The van der Waals surface area contributed by atoms with Crippen LogP contribution in [0, 0.1) is 0 Å². The van der Waals surface area contributed by atoms with E-state index >= 15 is 0 Å². The van der Waals surface area contributed by atoms with Gasteiger partial charge in [0.25, 0.3) is 0 Å². The Morgan fingerprint density at radius 2 is 1.74 bits per heavy atom. The van der Waals surface area contributed by atoms with Gasteiger partial charge in [-0.2, -0.15) is 13.2 Å². The van der Waals surface area contributed by atoms with Crippen LogP contribution in [0.15, 0.2) is 24.3 Å². The van der Waals surface area contributed by atoms with Crippen molar-refractivity contribution in [2.45, 2.75) is 26.1 Å². The summed E-state index contributed by atoms with van der Waals surface area (Å²) in [4.78, 5) is 0. The van der Waals surface area contributed by atoms with Crippen LogP contribution < -0.4 is 4.57 Å². The SMILES string of the molecule is CC(C)n1c(C(F)(F)F)[n+](C)c2ccccc21.COS(=O)(=O)[O-]. The van der Waals surface area contributed by atoms with Gasteiger partial charge in [-0.3, -0.25) is 4.18 Å². The van der Waals surface area contributed by atoms with Crippen LogP contribution in [0.2, 0.25) is 0 Å². The number of benzene rings is 1. The van der Waals surface area contributed by atoms with Crippen molar-refractivity contribution in [1.29, 1.82) is 0 Å². The van der Waals surface area contributed by atoms with Crippen molar-refractivity contribution in [3.8, 4) is 0 Å². The molecule has 0 N–H and O–H groups in total. The van der Waals surface area contributed by atoms with Crippen LogP contribution in [0.1, 0.15) is 25.7 Å². The lowest BCUT2D eigenvalue weighted by Crippen LogP contribution is -2.38. The lowest BCUT2D eigenvalue weighted by Gasteiger charge is -2.08. The largest absolute Gasteiger partial charge is 0.726 e. The van der Waals surface area contributed by atoms with E-state index in [0.717, 1.165) is 7.11 Å². The van der Waals surface area contributed by atoms with E-state index in [1.54, 1.807) is 38.1 Å². The van der Waals surface area contributed by atoms with E-state index in [4.69, 9.17) is 0 Å². The predicted molar refractivity (Wildman–Crippen MR) is 75.2 cm³/mol. The van der Waals surface area contributed by atoms with E-state index in [2.05, 4.69) is 4.18 Å². The molecule has 1 aromatic heterocycles. The van der Waals surface area contributed by atoms with Crippen molar-refractivity contribution in [1.82, 2.24) is 4.57 Å². The first-order valence-corrected chi connectivity index (χ1v) is 7.81. The summed E-state index contributed by atoms with van der Waals surface area (Å²) < 4.78 is 72.8. The fourth-order valence-electron chi connectivity index (χ4n) is 2.19. The summed E-state index contributed by atoms with van der Waals surface area (Å²) in [6.45, 7) is 3.50. The second kappa shape index (κ2) is 6.85. The summed E-state index contributed by atoms with van der Waals surface area (Å²) in [7, 11) is -2.16. The van der Waals surface area contributed by atoms with Crippen LogP contribution in [0.4, 0.5) is 13.2 Å². The van der Waals surface area contributed by atoms with Crippen LogP contribution >= 0.6 is 0 Å². The minimum atomic E-state index is -4.41. The maximum absolute atomic E-state index is 13.1. The molecule has 130 valence electrons. The molecule has 0 aliphatic carbocycles. The number of halogens is 3. The van der Waals surface area contributed by atoms with Crippen molar-refractivity contribution in [2.24, 2.45) is 7.05 Å². The summed E-state index contributed by atoms with van der Waals surface area (Å²) in [5, 5.41) is 0. The smallest absolute Gasteiger partial charge is 0.495 e. The highest BCUT2D eigenvalue weighted by Gasteiger charge is 2.46. The summed E-state index contributed by atoms with van der Waals surface area (Å²) in [5.74, 6) is -0.617. The molecule has 6 nitrogen and oxygen atoms in total. The van der Waals surface area contributed by atoms with Crippen LogP contribution in [0.5, 0.6) is 0 Å². The topological polar surface area (TPSA) is 75.2 Å². The van der Waals surface area contributed by atoms with Crippen molar-refractivity contribution >= 4 is 21.4 Å². The predicted octanol–water partition coefficient (Wildman–Crippen LogP) is 2.16. The first-order chi connectivity index (χ1) is 10.4. The number of hydrogen-bond donors (Lipinski definition) is 0. The van der Waals surface area contributed by atoms with E-state index in [0.29, 0.717) is 11.0 Å². The highest BCUT2D eigenvalue weighted by molar-refractivity contribution is 7.80. The van der Waals surface area contributed by atoms with E-state index in [-0.39, 0.29) is 6.04 Å². The summed E-state index contributed by atoms with van der Waals surface area (Å²) >= 11 is 0. The van der Waals surface area contributed by atoms with Gasteiger partial charge in [0.1, 0.15) is 0 Å². The average molecular weight is 354 g/mol. The lowest BCUT2D eigenvalue weighted by atomic mass is 10.3. The van der Waals surface area contributed by atoms with Crippen molar-refractivity contribution in [2.75, 3.05) is 7.11 Å². The third-order valence-corrected chi connectivity index (χ3v) is 3.43. The first kappa shape index (κ1) is 19.4. The molecule has 0 atom stereocenters. The zero-order valence-corrected chi connectivity index (χ0v) is 13.8. The number of rotatable bonds is 2. The number of alkyl halides is 3. The third kappa shape index (κ3) is 4.66. The Bertz CT molecular complexity index is 782. The molecule has 0 saturated heterocycles. The summed E-state index contributed by atoms with van der Waals surface area (Å²) in [6.07, 6.45) is -4.35. The molecule has 0 bridgehead atoms. The van der Waals surface area contributed by atoms with Gasteiger partial charge in [0.2, 0.25) is 10.4 Å². The fourth-order valence-corrected chi connectivity index (χ4v) is 2.19. The lowest BCUT2D eigenvalue weighted by molar-refractivity contribution is -0.667. The molecule has 0 unspecified atom stereocenters. The molecule has 10 heteroatoms. The van der Waals surface area contributed by atoms with E-state index in [1.807, 2.05) is 0 Å². The standard InChI is InChI=1S/C12H14F3N2.CH4O4S/c1-8(2)17-10-7-5-4-6-9(10)16(3)11(17)12(13,14)15;1-5-6(2,3)4/h4-8H,1-3H3;1H3,(H,2,3,4)/q+1;/p-1. The highest BCUT2D eigenvalue weighted by atomic mass is 32.3. The highest BCUT2D eigenvalue weighted by Crippen LogP contribution is 2.32. The molecule has 2 aromatic rings. The van der Waals surface area contributed by atoms with E-state index in [9.17, 15) is 26.1 Å². The minimum absolute atomic E-state index is 0.238. The van der Waals surface area contributed by atoms with Crippen LogP contribution in [0.25, 0.3) is 11.0 Å². The van der Waals surface area contributed by atoms with Gasteiger partial charge in [0.15, 0.2) is 11.0 Å². The number of aryl methyl sites for hydroxylation is 1. The zero-order chi connectivity index (χ0) is 18.0. The number of para-hydroxylation sites is 2. The van der Waals surface area contributed by atoms with Gasteiger partial charge >= 0.3 is 12.0 Å². The first-order valence-electron chi connectivity index (χ1n) is 6.47.